The predicted molar refractivity (Wildman–Crippen MR) is 113 cm³/mol. The molecule has 30 heavy (non-hydrogen) atoms. The van der Waals surface area contributed by atoms with Gasteiger partial charge in [0.15, 0.2) is 11.5 Å². The first-order chi connectivity index (χ1) is 14.5. The molecular formula is C24H23NO5. The summed E-state index contributed by atoms with van der Waals surface area (Å²) in [5, 5.41) is 4.93. The number of fused-ring (bicyclic) bond motifs is 2. The fraction of sp³-hybridized carbons (Fsp3) is 0.250. The molecule has 0 saturated carbocycles. The van der Waals surface area contributed by atoms with Gasteiger partial charge < -0.3 is 19.5 Å². The van der Waals surface area contributed by atoms with Crippen molar-refractivity contribution in [2.75, 3.05) is 6.79 Å². The molecule has 6 nitrogen and oxygen atoms in total. The van der Waals surface area contributed by atoms with Crippen LogP contribution < -0.4 is 19.5 Å². The topological polar surface area (TPSA) is 73.9 Å². The second kappa shape index (κ2) is 8.45. The van der Waals surface area contributed by atoms with Crippen LogP contribution in [-0.2, 0) is 16.0 Å². The summed E-state index contributed by atoms with van der Waals surface area (Å²) in [6.07, 6.45) is 0.182. The monoisotopic (exact) mass is 405 g/mol. The van der Waals surface area contributed by atoms with Crippen LogP contribution in [0.25, 0.3) is 10.8 Å². The third-order valence-electron chi connectivity index (χ3n) is 5.03. The van der Waals surface area contributed by atoms with Crippen molar-refractivity contribution in [2.45, 2.75) is 26.3 Å². The van der Waals surface area contributed by atoms with E-state index in [1.807, 2.05) is 56.3 Å². The number of rotatable bonds is 6. The zero-order valence-electron chi connectivity index (χ0n) is 16.9. The Hall–Kier alpha value is -3.54. The standard InChI is InChI=1S/C24H23NO5/c1-15(2)23(24(27)30-18-10-11-20-21(13-18)29-14-28-20)25-22(26)12-17-8-5-7-16-6-3-4-9-19(16)17/h3-11,13,15,23H,12,14H2,1-2H3,(H,25,26)/t23-/m0/s1. The van der Waals surface area contributed by atoms with Crippen LogP contribution in [-0.4, -0.2) is 24.7 Å². The summed E-state index contributed by atoms with van der Waals surface area (Å²) >= 11 is 0. The fourth-order valence-corrected chi connectivity index (χ4v) is 3.46. The number of ether oxygens (including phenoxy) is 3. The van der Waals surface area contributed by atoms with Gasteiger partial charge in [0, 0.05) is 6.07 Å². The minimum atomic E-state index is -0.766. The van der Waals surface area contributed by atoms with Crippen molar-refractivity contribution in [2.24, 2.45) is 5.92 Å². The molecule has 3 aromatic carbocycles. The average molecular weight is 405 g/mol. The molecule has 4 rings (SSSR count). The van der Waals surface area contributed by atoms with E-state index in [0.717, 1.165) is 16.3 Å². The van der Waals surface area contributed by atoms with E-state index in [1.165, 1.54) is 0 Å². The summed E-state index contributed by atoms with van der Waals surface area (Å²) in [5.41, 5.74) is 0.914. The number of carbonyl (C=O) groups excluding carboxylic acids is 2. The summed E-state index contributed by atoms with van der Waals surface area (Å²) in [5.74, 6) is 0.601. The third-order valence-corrected chi connectivity index (χ3v) is 5.03. The predicted octanol–water partition coefficient (Wildman–Crippen LogP) is 3.86. The Morgan fingerprint density at radius 1 is 1.00 bits per heavy atom. The fourth-order valence-electron chi connectivity index (χ4n) is 3.46. The Morgan fingerprint density at radius 2 is 1.77 bits per heavy atom. The van der Waals surface area contributed by atoms with Crippen LogP contribution in [0.3, 0.4) is 0 Å². The van der Waals surface area contributed by atoms with Crippen molar-refractivity contribution in [3.8, 4) is 17.2 Å². The Morgan fingerprint density at radius 3 is 2.60 bits per heavy atom. The van der Waals surface area contributed by atoms with Gasteiger partial charge in [0.2, 0.25) is 12.7 Å². The van der Waals surface area contributed by atoms with E-state index < -0.39 is 12.0 Å². The summed E-state index contributed by atoms with van der Waals surface area (Å²) in [6.45, 7) is 3.87. The van der Waals surface area contributed by atoms with Crippen LogP contribution in [0.5, 0.6) is 17.2 Å². The van der Waals surface area contributed by atoms with Crippen molar-refractivity contribution in [1.82, 2.24) is 5.32 Å². The van der Waals surface area contributed by atoms with Gasteiger partial charge in [-0.1, -0.05) is 56.3 Å². The number of amides is 1. The van der Waals surface area contributed by atoms with E-state index >= 15 is 0 Å². The molecule has 154 valence electrons. The highest BCUT2D eigenvalue weighted by atomic mass is 16.7. The van der Waals surface area contributed by atoms with Gasteiger partial charge in [0.25, 0.3) is 0 Å². The van der Waals surface area contributed by atoms with Crippen LogP contribution in [0.2, 0.25) is 0 Å². The number of esters is 1. The van der Waals surface area contributed by atoms with Crippen molar-refractivity contribution < 1.29 is 23.8 Å². The number of hydrogen-bond acceptors (Lipinski definition) is 5. The van der Waals surface area contributed by atoms with Crippen molar-refractivity contribution >= 4 is 22.6 Å². The molecule has 0 spiro atoms. The maximum Gasteiger partial charge on any atom is 0.334 e. The normalized spacial score (nSPS) is 13.3. The van der Waals surface area contributed by atoms with Gasteiger partial charge in [-0.3, -0.25) is 4.79 Å². The van der Waals surface area contributed by atoms with Crippen molar-refractivity contribution in [1.29, 1.82) is 0 Å². The molecule has 1 N–H and O–H groups in total. The zero-order chi connectivity index (χ0) is 21.1. The molecule has 0 fully saturated rings. The lowest BCUT2D eigenvalue weighted by Gasteiger charge is -2.21. The number of nitrogens with one attached hydrogen (secondary N) is 1. The van der Waals surface area contributed by atoms with E-state index in [1.54, 1.807) is 18.2 Å². The highest BCUT2D eigenvalue weighted by Crippen LogP contribution is 2.35. The van der Waals surface area contributed by atoms with Crippen molar-refractivity contribution in [3.63, 3.8) is 0 Å². The van der Waals surface area contributed by atoms with Gasteiger partial charge >= 0.3 is 5.97 Å². The van der Waals surface area contributed by atoms with Crippen LogP contribution in [0.4, 0.5) is 0 Å². The van der Waals surface area contributed by atoms with E-state index in [0.29, 0.717) is 17.2 Å². The number of benzene rings is 3. The van der Waals surface area contributed by atoms with Gasteiger partial charge in [-0.05, 0) is 34.4 Å². The van der Waals surface area contributed by atoms with E-state index in [9.17, 15) is 9.59 Å². The molecule has 1 aliphatic rings. The minimum Gasteiger partial charge on any atom is -0.454 e. The molecule has 6 heteroatoms. The molecule has 0 bridgehead atoms. The van der Waals surface area contributed by atoms with Crippen LogP contribution >= 0.6 is 0 Å². The molecule has 3 aromatic rings. The Kier molecular flexibility index (Phi) is 5.57. The van der Waals surface area contributed by atoms with Gasteiger partial charge in [-0.15, -0.1) is 0 Å². The van der Waals surface area contributed by atoms with Gasteiger partial charge in [-0.2, -0.15) is 0 Å². The van der Waals surface area contributed by atoms with Gasteiger partial charge in [-0.25, -0.2) is 4.79 Å². The molecule has 1 amide bonds. The molecule has 0 aliphatic carbocycles. The van der Waals surface area contributed by atoms with Crippen LogP contribution in [0.15, 0.2) is 60.7 Å². The Labute approximate surface area is 174 Å². The molecular weight excluding hydrogens is 382 g/mol. The first kappa shape index (κ1) is 19.8. The lowest BCUT2D eigenvalue weighted by atomic mass is 10.0. The number of hydrogen-bond donors (Lipinski definition) is 1. The minimum absolute atomic E-state index is 0.136. The van der Waals surface area contributed by atoms with E-state index in [2.05, 4.69) is 5.32 Å². The number of carbonyl (C=O) groups is 2. The summed E-state index contributed by atoms with van der Waals surface area (Å²) in [4.78, 5) is 25.5. The highest BCUT2D eigenvalue weighted by molar-refractivity contribution is 5.92. The van der Waals surface area contributed by atoms with E-state index in [4.69, 9.17) is 14.2 Å². The second-order valence-electron chi connectivity index (χ2n) is 7.54. The maximum atomic E-state index is 12.7. The molecule has 1 heterocycles. The van der Waals surface area contributed by atoms with Gasteiger partial charge in [0.1, 0.15) is 11.8 Å². The quantitative estimate of drug-likeness (QED) is 0.498. The average Bonchev–Trinajstić information content (AvgIpc) is 3.20. The molecule has 0 radical (unpaired) electrons. The largest absolute Gasteiger partial charge is 0.454 e. The van der Waals surface area contributed by atoms with Gasteiger partial charge in [0.05, 0.1) is 6.42 Å². The molecule has 0 unspecified atom stereocenters. The second-order valence-corrected chi connectivity index (χ2v) is 7.54. The lowest BCUT2D eigenvalue weighted by molar-refractivity contribution is -0.140. The Balaban J connectivity index is 1.45. The van der Waals surface area contributed by atoms with E-state index in [-0.39, 0.29) is 25.0 Å². The first-order valence-corrected chi connectivity index (χ1v) is 9.88. The summed E-state index contributed by atoms with van der Waals surface area (Å²) in [6, 6.07) is 18.0. The van der Waals surface area contributed by atoms with Crippen LogP contribution in [0.1, 0.15) is 19.4 Å². The molecule has 0 saturated heterocycles. The first-order valence-electron chi connectivity index (χ1n) is 9.88. The third kappa shape index (κ3) is 4.22. The van der Waals surface area contributed by atoms with Crippen LogP contribution in [0, 0.1) is 5.92 Å². The van der Waals surface area contributed by atoms with Crippen molar-refractivity contribution in [3.05, 3.63) is 66.2 Å². The molecule has 1 atom stereocenters. The SMILES string of the molecule is CC(C)[C@H](NC(=O)Cc1cccc2ccccc12)C(=O)Oc1ccc2c(c1)OCO2. The summed E-state index contributed by atoms with van der Waals surface area (Å²) < 4.78 is 16.1. The molecule has 0 aromatic heterocycles. The Bertz CT molecular complexity index is 1090. The lowest BCUT2D eigenvalue weighted by Crippen LogP contribution is -2.46. The smallest absolute Gasteiger partial charge is 0.334 e. The highest BCUT2D eigenvalue weighted by Gasteiger charge is 2.27. The molecule has 1 aliphatic heterocycles. The maximum absolute atomic E-state index is 12.7. The zero-order valence-corrected chi connectivity index (χ0v) is 16.9. The summed E-state index contributed by atoms with van der Waals surface area (Å²) in [7, 11) is 0.